The molecule has 2 N–H and O–H groups in total. The number of nitrogens with one attached hydrogen (secondary N) is 1. The number of tetrazole rings is 1. The molecule has 1 aromatic heterocycles. The van der Waals surface area contributed by atoms with Gasteiger partial charge >= 0.3 is 57.4 Å². The molecule has 0 aliphatic carbocycles. The molecule has 0 unspecified atom stereocenters. The molecule has 0 radical (unpaired) electrons. The van der Waals surface area contributed by atoms with Crippen LogP contribution in [0, 0.1) is 0 Å². The van der Waals surface area contributed by atoms with E-state index in [1.165, 1.54) is 4.68 Å². The zero-order chi connectivity index (χ0) is 14.0. The van der Waals surface area contributed by atoms with E-state index in [1.807, 2.05) is 0 Å². The molecule has 0 spiro atoms. The molecule has 0 bridgehead atoms. The van der Waals surface area contributed by atoms with Gasteiger partial charge in [0.05, 0.1) is 5.69 Å². The van der Waals surface area contributed by atoms with Crippen molar-refractivity contribution in [3.05, 3.63) is 24.3 Å². The molecule has 0 saturated heterocycles. The molecule has 1 aromatic carbocycles. The summed E-state index contributed by atoms with van der Waals surface area (Å²) in [5.74, 6) is -0.940. The Labute approximate surface area is 164 Å². The molecule has 2 rings (SSSR count). The molecular formula is C11H12KN5O2S. The SMILES string of the molecule is CC(C)(Nc1cccc(-n2nnnc2[S-])c1)C(=O)O.[K+]. The van der Waals surface area contributed by atoms with Gasteiger partial charge in [-0.1, -0.05) is 6.07 Å². The van der Waals surface area contributed by atoms with Crippen molar-refractivity contribution in [2.45, 2.75) is 24.5 Å². The van der Waals surface area contributed by atoms with Crippen molar-refractivity contribution in [2.75, 3.05) is 5.32 Å². The number of rotatable bonds is 4. The van der Waals surface area contributed by atoms with Crippen LogP contribution in [-0.2, 0) is 17.4 Å². The van der Waals surface area contributed by atoms with Crippen molar-refractivity contribution >= 4 is 24.3 Å². The second kappa shape index (κ2) is 6.92. The maximum absolute atomic E-state index is 11.1. The van der Waals surface area contributed by atoms with Crippen LogP contribution in [0.5, 0.6) is 0 Å². The molecule has 0 saturated carbocycles. The maximum Gasteiger partial charge on any atom is 1.00 e. The van der Waals surface area contributed by atoms with Crippen LogP contribution in [-0.4, -0.2) is 36.8 Å². The Kier molecular flexibility index (Phi) is 6.04. The molecule has 7 nitrogen and oxygen atoms in total. The quantitative estimate of drug-likeness (QED) is 0.490. The van der Waals surface area contributed by atoms with Crippen LogP contribution in [0.4, 0.5) is 5.69 Å². The number of anilines is 1. The fourth-order valence-electron chi connectivity index (χ4n) is 1.47. The Morgan fingerprint density at radius 3 is 2.70 bits per heavy atom. The minimum Gasteiger partial charge on any atom is -0.738 e. The van der Waals surface area contributed by atoms with Crippen molar-refractivity contribution in [3.63, 3.8) is 0 Å². The van der Waals surface area contributed by atoms with Gasteiger partial charge in [-0.15, -0.1) is 5.10 Å². The van der Waals surface area contributed by atoms with Crippen molar-refractivity contribution in [2.24, 2.45) is 0 Å². The monoisotopic (exact) mass is 317 g/mol. The standard InChI is InChI=1S/C11H13N5O2S.K/c1-11(2,9(17)18)12-7-4-3-5-8(6-7)16-10(19)13-14-15-16;/h3-6,12H,1-2H3,(H,17,18)(H,13,15,19);/q;+1/p-1. The first kappa shape index (κ1) is 17.5. The van der Waals surface area contributed by atoms with Crippen LogP contribution >= 0.6 is 0 Å². The van der Waals surface area contributed by atoms with Gasteiger partial charge in [-0.3, -0.25) is 0 Å². The summed E-state index contributed by atoms with van der Waals surface area (Å²) < 4.78 is 1.40. The van der Waals surface area contributed by atoms with E-state index < -0.39 is 11.5 Å². The Bertz CT molecular complexity index is 616. The van der Waals surface area contributed by atoms with Gasteiger partial charge in [0.25, 0.3) is 0 Å². The van der Waals surface area contributed by atoms with E-state index in [2.05, 4.69) is 20.8 Å². The zero-order valence-electron chi connectivity index (χ0n) is 11.4. The van der Waals surface area contributed by atoms with Gasteiger partial charge in [0.15, 0.2) is 0 Å². The van der Waals surface area contributed by atoms with Crippen LogP contribution in [0.25, 0.3) is 5.69 Å². The zero-order valence-corrected chi connectivity index (χ0v) is 15.3. The Morgan fingerprint density at radius 1 is 1.45 bits per heavy atom. The number of carboxylic acid groups (broad SMARTS) is 1. The molecule has 0 aliphatic rings. The topological polar surface area (TPSA) is 92.9 Å². The van der Waals surface area contributed by atoms with E-state index in [9.17, 15) is 4.79 Å². The number of hydrogen-bond acceptors (Lipinski definition) is 6. The molecule has 0 aliphatic heterocycles. The Morgan fingerprint density at radius 2 is 2.15 bits per heavy atom. The van der Waals surface area contributed by atoms with Crippen molar-refractivity contribution in [1.29, 1.82) is 0 Å². The van der Waals surface area contributed by atoms with E-state index in [-0.39, 0.29) is 56.5 Å². The van der Waals surface area contributed by atoms with Crippen molar-refractivity contribution < 1.29 is 61.3 Å². The summed E-state index contributed by atoms with van der Waals surface area (Å²) in [6.45, 7) is 3.16. The van der Waals surface area contributed by atoms with Gasteiger partial charge < -0.3 is 23.1 Å². The van der Waals surface area contributed by atoms with Crippen LogP contribution in [0.1, 0.15) is 13.8 Å². The van der Waals surface area contributed by atoms with E-state index in [0.29, 0.717) is 11.4 Å². The summed E-state index contributed by atoms with van der Waals surface area (Å²) in [5, 5.41) is 23.1. The normalized spacial score (nSPS) is 10.7. The fraction of sp³-hybridized carbons (Fsp3) is 0.273. The van der Waals surface area contributed by atoms with Crippen molar-refractivity contribution in [3.8, 4) is 5.69 Å². The van der Waals surface area contributed by atoms with E-state index in [0.717, 1.165) is 0 Å². The molecule has 1 heterocycles. The Hall–Kier alpha value is -0.584. The molecule has 100 valence electrons. The smallest absolute Gasteiger partial charge is 0.738 e. The number of aliphatic carboxylic acids is 1. The minimum atomic E-state index is -1.07. The van der Waals surface area contributed by atoms with E-state index in [4.69, 9.17) is 17.7 Å². The summed E-state index contributed by atoms with van der Waals surface area (Å²) >= 11 is 4.97. The number of carboxylic acids is 1. The average molecular weight is 317 g/mol. The second-order valence-corrected chi connectivity index (χ2v) is 4.84. The molecule has 0 fully saturated rings. The first-order chi connectivity index (χ1) is 8.90. The number of benzene rings is 1. The average Bonchev–Trinajstić information content (AvgIpc) is 2.75. The van der Waals surface area contributed by atoms with Crippen molar-refractivity contribution in [1.82, 2.24) is 20.2 Å². The summed E-state index contributed by atoms with van der Waals surface area (Å²) in [6, 6.07) is 7.05. The van der Waals surface area contributed by atoms with Gasteiger partial charge in [0.1, 0.15) is 5.54 Å². The maximum atomic E-state index is 11.1. The minimum absolute atomic E-state index is 0. The fourth-order valence-corrected chi connectivity index (χ4v) is 1.65. The molecular weight excluding hydrogens is 305 g/mol. The predicted octanol–water partition coefficient (Wildman–Crippen LogP) is -2.15. The third-order valence-corrected chi connectivity index (χ3v) is 2.78. The van der Waals surface area contributed by atoms with E-state index in [1.54, 1.807) is 38.1 Å². The van der Waals surface area contributed by atoms with Gasteiger partial charge in [0, 0.05) is 10.8 Å². The summed E-state index contributed by atoms with van der Waals surface area (Å²) in [6.07, 6.45) is 0. The van der Waals surface area contributed by atoms with Gasteiger partial charge in [0.2, 0.25) is 0 Å². The summed E-state index contributed by atoms with van der Waals surface area (Å²) in [7, 11) is 0. The first-order valence-corrected chi connectivity index (χ1v) is 5.88. The van der Waals surface area contributed by atoms with Gasteiger partial charge in [-0.05, 0) is 42.5 Å². The van der Waals surface area contributed by atoms with Gasteiger partial charge in [-0.2, -0.15) is 0 Å². The largest absolute Gasteiger partial charge is 1.00 e. The summed E-state index contributed by atoms with van der Waals surface area (Å²) in [5.41, 5.74) is 0.242. The van der Waals surface area contributed by atoms with Gasteiger partial charge in [-0.25, -0.2) is 9.48 Å². The number of aromatic nitrogens is 4. The molecule has 9 heteroatoms. The van der Waals surface area contributed by atoms with Crippen LogP contribution in [0.15, 0.2) is 29.4 Å². The predicted molar refractivity (Wildman–Crippen MR) is 70.1 cm³/mol. The number of hydrogen-bond donors (Lipinski definition) is 2. The van der Waals surface area contributed by atoms with Crippen LogP contribution in [0.3, 0.4) is 0 Å². The van der Waals surface area contributed by atoms with Crippen LogP contribution < -0.4 is 56.7 Å². The number of nitrogens with zero attached hydrogens (tertiary/aromatic N) is 4. The Balaban J connectivity index is 0.00000200. The first-order valence-electron chi connectivity index (χ1n) is 5.47. The summed E-state index contributed by atoms with van der Waals surface area (Å²) in [4.78, 5) is 11.1. The molecule has 20 heavy (non-hydrogen) atoms. The molecule has 0 atom stereocenters. The molecule has 2 aromatic rings. The second-order valence-electron chi connectivity index (χ2n) is 4.48. The van der Waals surface area contributed by atoms with Crippen LogP contribution in [0.2, 0.25) is 0 Å². The van der Waals surface area contributed by atoms with E-state index >= 15 is 0 Å². The third-order valence-electron chi connectivity index (χ3n) is 2.52. The third kappa shape index (κ3) is 3.96. The molecule has 0 amide bonds. The number of carbonyl (C=O) groups is 1.